The van der Waals surface area contributed by atoms with Crippen LogP contribution in [0, 0.1) is 13.8 Å². The third-order valence-corrected chi connectivity index (χ3v) is 3.19. The Morgan fingerprint density at radius 2 is 2.00 bits per heavy atom. The van der Waals surface area contributed by atoms with Crippen LogP contribution in [0.15, 0.2) is 18.2 Å². The molecule has 0 saturated heterocycles. The molecule has 0 radical (unpaired) electrons. The first-order valence-electron chi connectivity index (χ1n) is 7.55. The fraction of sp³-hybridized carbons (Fsp3) is 0.529. The van der Waals surface area contributed by atoms with Gasteiger partial charge in [-0.15, -0.1) is 0 Å². The monoisotopic (exact) mass is 322 g/mol. The summed E-state index contributed by atoms with van der Waals surface area (Å²) < 4.78 is 10.8. The summed E-state index contributed by atoms with van der Waals surface area (Å²) in [6.07, 6.45) is -0.610. The second-order valence-electron chi connectivity index (χ2n) is 6.48. The Balaban J connectivity index is 2.59. The number of hydrogen-bond acceptors (Lipinski definition) is 5. The summed E-state index contributed by atoms with van der Waals surface area (Å²) in [5.41, 5.74) is 7.38. The lowest BCUT2D eigenvalue weighted by Gasteiger charge is -2.23. The molecule has 128 valence electrons. The SMILES string of the molecule is Cc1cccc(OC(N)CC(C=O)NC(=O)OC(C)(C)C)c1C. The maximum Gasteiger partial charge on any atom is 0.408 e. The van der Waals surface area contributed by atoms with Crippen LogP contribution in [-0.4, -0.2) is 30.3 Å². The minimum atomic E-state index is -0.773. The Morgan fingerprint density at radius 1 is 1.35 bits per heavy atom. The molecule has 0 heterocycles. The predicted molar refractivity (Wildman–Crippen MR) is 88.4 cm³/mol. The predicted octanol–water partition coefficient (Wildman–Crippen LogP) is 2.45. The van der Waals surface area contributed by atoms with E-state index in [0.717, 1.165) is 11.1 Å². The molecule has 1 aromatic carbocycles. The van der Waals surface area contributed by atoms with Crippen molar-refractivity contribution in [3.8, 4) is 5.75 Å². The van der Waals surface area contributed by atoms with E-state index in [9.17, 15) is 9.59 Å². The largest absolute Gasteiger partial charge is 0.475 e. The maximum atomic E-state index is 11.7. The number of alkyl carbamates (subject to hydrolysis) is 1. The number of nitrogens with one attached hydrogen (secondary N) is 1. The molecular weight excluding hydrogens is 296 g/mol. The van der Waals surface area contributed by atoms with Gasteiger partial charge in [-0.05, 0) is 51.8 Å². The van der Waals surface area contributed by atoms with Gasteiger partial charge in [-0.2, -0.15) is 0 Å². The van der Waals surface area contributed by atoms with Gasteiger partial charge in [0.05, 0.1) is 6.04 Å². The third-order valence-electron chi connectivity index (χ3n) is 3.19. The van der Waals surface area contributed by atoms with Crippen LogP contribution in [0.1, 0.15) is 38.3 Å². The quantitative estimate of drug-likeness (QED) is 0.620. The molecular formula is C17H26N2O4. The first-order chi connectivity index (χ1) is 10.6. The van der Waals surface area contributed by atoms with Gasteiger partial charge in [0.15, 0.2) is 0 Å². The van der Waals surface area contributed by atoms with Crippen molar-refractivity contribution in [3.63, 3.8) is 0 Å². The number of hydrogen-bond donors (Lipinski definition) is 2. The van der Waals surface area contributed by atoms with Gasteiger partial charge in [0, 0.05) is 6.42 Å². The summed E-state index contributed by atoms with van der Waals surface area (Å²) in [7, 11) is 0. The maximum absolute atomic E-state index is 11.7. The molecule has 0 bridgehead atoms. The van der Waals surface area contributed by atoms with E-state index >= 15 is 0 Å². The van der Waals surface area contributed by atoms with Crippen molar-refractivity contribution in [1.82, 2.24) is 5.32 Å². The number of nitrogens with two attached hydrogens (primary N) is 1. The van der Waals surface area contributed by atoms with Crippen LogP contribution in [0.4, 0.5) is 4.79 Å². The number of aldehydes is 1. The molecule has 6 heteroatoms. The topological polar surface area (TPSA) is 90.6 Å². The van der Waals surface area contributed by atoms with Gasteiger partial charge in [-0.25, -0.2) is 4.79 Å². The lowest BCUT2D eigenvalue weighted by molar-refractivity contribution is -0.110. The minimum Gasteiger partial charge on any atom is -0.475 e. The van der Waals surface area contributed by atoms with Crippen molar-refractivity contribution in [2.75, 3.05) is 0 Å². The molecule has 1 amide bonds. The minimum absolute atomic E-state index is 0.149. The molecule has 2 atom stereocenters. The van der Waals surface area contributed by atoms with Crippen molar-refractivity contribution in [3.05, 3.63) is 29.3 Å². The van der Waals surface area contributed by atoms with E-state index < -0.39 is 24.0 Å². The fourth-order valence-electron chi connectivity index (χ4n) is 1.92. The van der Waals surface area contributed by atoms with Crippen LogP contribution < -0.4 is 15.8 Å². The number of ether oxygens (including phenoxy) is 2. The molecule has 1 aromatic rings. The third kappa shape index (κ3) is 6.69. The molecule has 0 fully saturated rings. The molecule has 0 saturated carbocycles. The average Bonchev–Trinajstić information content (AvgIpc) is 2.41. The summed E-state index contributed by atoms with van der Waals surface area (Å²) in [5, 5.41) is 2.48. The number of benzene rings is 1. The van der Waals surface area contributed by atoms with Crippen LogP contribution in [0.25, 0.3) is 0 Å². The Hall–Kier alpha value is -2.08. The molecule has 2 unspecified atom stereocenters. The normalized spacial score (nSPS) is 13.8. The van der Waals surface area contributed by atoms with Crippen molar-refractivity contribution < 1.29 is 19.1 Å². The summed E-state index contributed by atoms with van der Waals surface area (Å²) in [6.45, 7) is 9.16. The molecule has 0 aliphatic heterocycles. The van der Waals surface area contributed by atoms with Crippen LogP contribution in [0.2, 0.25) is 0 Å². The van der Waals surface area contributed by atoms with Crippen LogP contribution in [-0.2, 0) is 9.53 Å². The molecule has 1 rings (SSSR count). The highest BCUT2D eigenvalue weighted by molar-refractivity contribution is 5.73. The van der Waals surface area contributed by atoms with Crippen LogP contribution in [0.5, 0.6) is 5.75 Å². The summed E-state index contributed by atoms with van der Waals surface area (Å²) in [4.78, 5) is 22.8. The summed E-state index contributed by atoms with van der Waals surface area (Å²) >= 11 is 0. The van der Waals surface area contributed by atoms with E-state index in [1.807, 2.05) is 32.0 Å². The summed E-state index contributed by atoms with van der Waals surface area (Å²) in [5.74, 6) is 0.666. The van der Waals surface area contributed by atoms with E-state index in [1.165, 1.54) is 0 Å². The van der Waals surface area contributed by atoms with E-state index in [2.05, 4.69) is 5.32 Å². The van der Waals surface area contributed by atoms with Crippen molar-refractivity contribution >= 4 is 12.4 Å². The highest BCUT2D eigenvalue weighted by Gasteiger charge is 2.21. The smallest absolute Gasteiger partial charge is 0.408 e. The first kappa shape index (κ1) is 19.0. The zero-order valence-corrected chi connectivity index (χ0v) is 14.4. The highest BCUT2D eigenvalue weighted by Crippen LogP contribution is 2.21. The Labute approximate surface area is 137 Å². The second-order valence-corrected chi connectivity index (χ2v) is 6.48. The Morgan fingerprint density at radius 3 is 2.57 bits per heavy atom. The molecule has 0 aliphatic rings. The average molecular weight is 322 g/mol. The van der Waals surface area contributed by atoms with Gasteiger partial charge in [0.25, 0.3) is 0 Å². The van der Waals surface area contributed by atoms with Gasteiger partial charge in [0.1, 0.15) is 23.9 Å². The van der Waals surface area contributed by atoms with Gasteiger partial charge in [0.2, 0.25) is 0 Å². The molecule has 0 aliphatic carbocycles. The van der Waals surface area contributed by atoms with Crippen molar-refractivity contribution in [1.29, 1.82) is 0 Å². The van der Waals surface area contributed by atoms with Gasteiger partial charge >= 0.3 is 6.09 Å². The number of aryl methyl sites for hydroxylation is 1. The van der Waals surface area contributed by atoms with Gasteiger partial charge in [-0.3, -0.25) is 5.73 Å². The highest BCUT2D eigenvalue weighted by atomic mass is 16.6. The van der Waals surface area contributed by atoms with Gasteiger partial charge in [-0.1, -0.05) is 12.1 Å². The molecule has 3 N–H and O–H groups in total. The Kier molecular flexibility index (Phi) is 6.57. The van der Waals surface area contributed by atoms with E-state index in [1.54, 1.807) is 20.8 Å². The molecule has 0 spiro atoms. The standard InChI is InChI=1S/C17H26N2O4/c1-11-7-6-8-14(12(11)2)22-15(18)9-13(10-20)19-16(21)23-17(3,4)5/h6-8,10,13,15H,9,18H2,1-5H3,(H,19,21). The second kappa shape index (κ2) is 7.97. The first-order valence-corrected chi connectivity index (χ1v) is 7.55. The number of rotatable bonds is 6. The van der Waals surface area contributed by atoms with Crippen LogP contribution >= 0.6 is 0 Å². The van der Waals surface area contributed by atoms with E-state index in [0.29, 0.717) is 12.0 Å². The number of carbonyl (C=O) groups is 2. The van der Waals surface area contributed by atoms with E-state index in [-0.39, 0.29) is 6.42 Å². The number of carbonyl (C=O) groups excluding carboxylic acids is 2. The van der Waals surface area contributed by atoms with E-state index in [4.69, 9.17) is 15.2 Å². The van der Waals surface area contributed by atoms with Crippen molar-refractivity contribution in [2.24, 2.45) is 5.73 Å². The molecule has 23 heavy (non-hydrogen) atoms. The number of amides is 1. The lowest BCUT2D eigenvalue weighted by Crippen LogP contribution is -2.44. The van der Waals surface area contributed by atoms with Gasteiger partial charge < -0.3 is 19.6 Å². The fourth-order valence-corrected chi connectivity index (χ4v) is 1.92. The molecule has 6 nitrogen and oxygen atoms in total. The lowest BCUT2D eigenvalue weighted by atomic mass is 10.1. The molecule has 0 aromatic heterocycles. The Bertz CT molecular complexity index is 552. The summed E-state index contributed by atoms with van der Waals surface area (Å²) in [6, 6.07) is 4.90. The van der Waals surface area contributed by atoms with Crippen LogP contribution in [0.3, 0.4) is 0 Å². The zero-order chi connectivity index (χ0) is 17.6. The van der Waals surface area contributed by atoms with Crippen molar-refractivity contribution in [2.45, 2.75) is 58.9 Å². The zero-order valence-electron chi connectivity index (χ0n) is 14.4.